The van der Waals surface area contributed by atoms with Crippen LogP contribution in [0.3, 0.4) is 0 Å². The molecule has 1 aromatic rings. The maximum absolute atomic E-state index is 13.3. The standard InChI is InChI=1S/C23H28N4O5.C2HF3O2/c24-20(23(30)27-16-7-12(16)8-17(27)21(25)28)13-5-14-2-3-15(6-13)26(14)22(29)11-1-4-18-19(9-11)32-10-31-18;3-2(4,5)1(6)7/h1,4,9,12-17,20H,2-3,5-8,10,24H2,(H2,25,28);(H,6,7)/t12-,13?,14?,15?,16-,17-,20-;/m0./s1. The number of hydrogen-bond donors (Lipinski definition) is 3. The smallest absolute Gasteiger partial charge is 0.475 e. The number of alkyl halides is 3. The van der Waals surface area contributed by atoms with Gasteiger partial charge in [0.15, 0.2) is 11.5 Å². The molecule has 0 aromatic heterocycles. The van der Waals surface area contributed by atoms with Crippen LogP contribution in [0.2, 0.25) is 0 Å². The molecule has 0 radical (unpaired) electrons. The molecule has 0 spiro atoms. The maximum Gasteiger partial charge on any atom is 0.490 e. The van der Waals surface area contributed by atoms with Crippen molar-refractivity contribution in [1.29, 1.82) is 0 Å². The van der Waals surface area contributed by atoms with Gasteiger partial charge in [0.25, 0.3) is 5.91 Å². The van der Waals surface area contributed by atoms with E-state index >= 15 is 0 Å². The molecule has 3 saturated heterocycles. The third kappa shape index (κ3) is 5.09. The van der Waals surface area contributed by atoms with Crippen molar-refractivity contribution in [2.45, 2.75) is 74.9 Å². The topological polar surface area (TPSA) is 165 Å². The summed E-state index contributed by atoms with van der Waals surface area (Å²) in [6, 6.07) is 4.35. The highest BCUT2D eigenvalue weighted by Crippen LogP contribution is 2.49. The van der Waals surface area contributed by atoms with Crippen LogP contribution < -0.4 is 20.9 Å². The number of aliphatic carboxylic acids is 1. The average molecular weight is 555 g/mol. The van der Waals surface area contributed by atoms with Crippen LogP contribution in [0.5, 0.6) is 11.5 Å². The zero-order chi connectivity index (χ0) is 28.2. The van der Waals surface area contributed by atoms with Crippen molar-refractivity contribution < 1.29 is 46.9 Å². The number of piperidine rings is 2. The minimum Gasteiger partial charge on any atom is -0.475 e. The molecule has 1 aliphatic carbocycles. The number of amides is 3. The van der Waals surface area contributed by atoms with Gasteiger partial charge < -0.3 is 35.8 Å². The lowest BCUT2D eigenvalue weighted by Crippen LogP contribution is -2.57. The minimum atomic E-state index is -5.08. The second kappa shape index (κ2) is 9.88. The van der Waals surface area contributed by atoms with Gasteiger partial charge in [-0.3, -0.25) is 14.4 Å². The predicted octanol–water partition coefficient (Wildman–Crippen LogP) is 1.23. The van der Waals surface area contributed by atoms with E-state index in [1.807, 2.05) is 4.90 Å². The molecule has 11 nitrogen and oxygen atoms in total. The van der Waals surface area contributed by atoms with E-state index in [0.29, 0.717) is 42.2 Å². The Hall–Kier alpha value is -3.55. The van der Waals surface area contributed by atoms with E-state index in [1.54, 1.807) is 23.1 Å². The number of carboxylic acid groups (broad SMARTS) is 1. The van der Waals surface area contributed by atoms with Gasteiger partial charge in [0.1, 0.15) is 6.04 Å². The highest BCUT2D eigenvalue weighted by Gasteiger charge is 2.57. The summed E-state index contributed by atoms with van der Waals surface area (Å²) in [6.07, 6.45) is -0.263. The fraction of sp³-hybridized carbons (Fsp3) is 0.600. The van der Waals surface area contributed by atoms with Gasteiger partial charge in [-0.25, -0.2) is 4.79 Å². The van der Waals surface area contributed by atoms with E-state index in [9.17, 15) is 27.6 Å². The number of benzene rings is 1. The number of carboxylic acids is 1. The number of rotatable bonds is 4. The molecule has 5 N–H and O–H groups in total. The molecule has 4 heterocycles. The molecule has 5 aliphatic rings. The second-order valence-corrected chi connectivity index (χ2v) is 10.7. The number of fused-ring (bicyclic) bond motifs is 4. The third-order valence-electron chi connectivity index (χ3n) is 8.35. The van der Waals surface area contributed by atoms with E-state index in [-0.39, 0.29) is 42.7 Å². The summed E-state index contributed by atoms with van der Waals surface area (Å²) in [5.74, 6) is -1.73. The van der Waals surface area contributed by atoms with Gasteiger partial charge in [-0.1, -0.05) is 0 Å². The van der Waals surface area contributed by atoms with Crippen molar-refractivity contribution in [1.82, 2.24) is 9.80 Å². The average Bonchev–Trinajstić information content (AvgIpc) is 3.20. The fourth-order valence-electron chi connectivity index (χ4n) is 6.42. The fourth-order valence-corrected chi connectivity index (χ4v) is 6.42. The van der Waals surface area contributed by atoms with E-state index < -0.39 is 30.1 Å². The Bertz CT molecular complexity index is 1180. The number of primary amides is 1. The van der Waals surface area contributed by atoms with Crippen molar-refractivity contribution in [2.24, 2.45) is 23.3 Å². The Morgan fingerprint density at radius 2 is 1.59 bits per heavy atom. The van der Waals surface area contributed by atoms with Gasteiger partial charge in [-0.05, 0) is 68.6 Å². The monoisotopic (exact) mass is 554 g/mol. The molecule has 2 unspecified atom stereocenters. The summed E-state index contributed by atoms with van der Waals surface area (Å²) in [6.45, 7) is 0.171. The zero-order valence-corrected chi connectivity index (χ0v) is 20.8. The third-order valence-corrected chi connectivity index (χ3v) is 8.35. The van der Waals surface area contributed by atoms with Gasteiger partial charge in [0.2, 0.25) is 18.6 Å². The largest absolute Gasteiger partial charge is 0.490 e. The predicted molar refractivity (Wildman–Crippen MR) is 126 cm³/mol. The molecule has 14 heteroatoms. The first-order valence-electron chi connectivity index (χ1n) is 12.8. The highest BCUT2D eigenvalue weighted by molar-refractivity contribution is 5.96. The SMILES string of the molecule is NC(=O)[C@@H]1C[C@@H]2C[C@@H]2N1C(=O)[C@@H](N)C1CC2CCC(C1)N2C(=O)c1ccc2c(c1)OCO2.O=C(O)C(F)(F)F. The molecule has 1 aromatic carbocycles. The van der Waals surface area contributed by atoms with Crippen LogP contribution in [0.1, 0.15) is 48.9 Å². The lowest BCUT2D eigenvalue weighted by molar-refractivity contribution is -0.192. The van der Waals surface area contributed by atoms with Crippen LogP contribution in [0.15, 0.2) is 18.2 Å². The Balaban J connectivity index is 0.000000392. The second-order valence-electron chi connectivity index (χ2n) is 10.7. The van der Waals surface area contributed by atoms with Crippen LogP contribution >= 0.6 is 0 Å². The molecule has 3 amide bonds. The summed E-state index contributed by atoms with van der Waals surface area (Å²) in [7, 11) is 0. The summed E-state index contributed by atoms with van der Waals surface area (Å²) >= 11 is 0. The molecule has 1 saturated carbocycles. The molecule has 4 fully saturated rings. The van der Waals surface area contributed by atoms with Crippen LogP contribution in [-0.2, 0) is 14.4 Å². The van der Waals surface area contributed by atoms with Crippen molar-refractivity contribution in [2.75, 3.05) is 6.79 Å². The Kier molecular flexibility index (Phi) is 6.85. The number of ether oxygens (including phenoxy) is 2. The van der Waals surface area contributed by atoms with E-state index in [0.717, 1.165) is 19.3 Å². The normalized spacial score (nSPS) is 30.7. The van der Waals surface area contributed by atoms with Gasteiger partial charge in [-0.2, -0.15) is 13.2 Å². The number of carbonyl (C=O) groups is 4. The minimum absolute atomic E-state index is 0.00729. The Morgan fingerprint density at radius 3 is 2.18 bits per heavy atom. The van der Waals surface area contributed by atoms with Gasteiger partial charge in [-0.15, -0.1) is 0 Å². The number of hydrogen-bond acceptors (Lipinski definition) is 7. The Labute approximate surface area is 221 Å². The summed E-state index contributed by atoms with van der Waals surface area (Å²) in [4.78, 5) is 51.0. The molecular weight excluding hydrogens is 525 g/mol. The first kappa shape index (κ1) is 27.0. The summed E-state index contributed by atoms with van der Waals surface area (Å²) < 4.78 is 42.5. The van der Waals surface area contributed by atoms with Crippen LogP contribution in [0.4, 0.5) is 13.2 Å². The quantitative estimate of drug-likeness (QED) is 0.500. The summed E-state index contributed by atoms with van der Waals surface area (Å²) in [5, 5.41) is 7.12. The maximum atomic E-state index is 13.3. The molecule has 4 aliphatic heterocycles. The lowest BCUT2D eigenvalue weighted by atomic mass is 9.84. The van der Waals surface area contributed by atoms with Crippen molar-refractivity contribution in [3.05, 3.63) is 23.8 Å². The molecule has 212 valence electrons. The van der Waals surface area contributed by atoms with Crippen molar-refractivity contribution in [3.63, 3.8) is 0 Å². The molecule has 6 rings (SSSR count). The van der Waals surface area contributed by atoms with Crippen LogP contribution in [0, 0.1) is 11.8 Å². The van der Waals surface area contributed by atoms with Crippen LogP contribution in [0.25, 0.3) is 0 Å². The van der Waals surface area contributed by atoms with Gasteiger partial charge >= 0.3 is 12.1 Å². The zero-order valence-electron chi connectivity index (χ0n) is 20.8. The first-order chi connectivity index (χ1) is 18.4. The first-order valence-corrected chi connectivity index (χ1v) is 12.8. The van der Waals surface area contributed by atoms with E-state index in [1.165, 1.54) is 0 Å². The molecular formula is C25H29F3N4O7. The summed E-state index contributed by atoms with van der Waals surface area (Å²) in [5.41, 5.74) is 12.6. The number of nitrogens with zero attached hydrogens (tertiary/aromatic N) is 2. The van der Waals surface area contributed by atoms with E-state index in [2.05, 4.69) is 0 Å². The number of likely N-dealkylation sites (tertiary alicyclic amines) is 1. The lowest BCUT2D eigenvalue weighted by Gasteiger charge is -2.41. The number of halogens is 3. The molecule has 2 bridgehead atoms. The van der Waals surface area contributed by atoms with Crippen molar-refractivity contribution >= 4 is 23.7 Å². The van der Waals surface area contributed by atoms with Crippen LogP contribution in [-0.4, -0.2) is 81.8 Å². The molecule has 39 heavy (non-hydrogen) atoms. The highest BCUT2D eigenvalue weighted by atomic mass is 19.4. The Morgan fingerprint density at radius 1 is 0.974 bits per heavy atom. The van der Waals surface area contributed by atoms with Crippen molar-refractivity contribution in [3.8, 4) is 11.5 Å². The van der Waals surface area contributed by atoms with E-state index in [4.69, 9.17) is 30.8 Å². The number of carbonyl (C=O) groups excluding carboxylic acids is 3. The van der Waals surface area contributed by atoms with Gasteiger partial charge in [0.05, 0.1) is 6.04 Å². The van der Waals surface area contributed by atoms with Gasteiger partial charge in [0, 0.05) is 23.7 Å². The number of nitrogens with two attached hydrogens (primary N) is 2. The molecule has 6 atom stereocenters.